The summed E-state index contributed by atoms with van der Waals surface area (Å²) in [5, 5.41) is 0. The predicted molar refractivity (Wildman–Crippen MR) is 164 cm³/mol. The molecule has 25 heteroatoms. The van der Waals surface area contributed by atoms with Crippen LogP contribution in [0.15, 0.2) is 24.5 Å². The van der Waals surface area contributed by atoms with Crippen LogP contribution in [-0.4, -0.2) is 85.0 Å². The first kappa shape index (κ1) is 50.7. The first-order valence-corrected chi connectivity index (χ1v) is 17.1. The van der Waals surface area contributed by atoms with Gasteiger partial charge >= 0.3 is 42.5 Å². The van der Waals surface area contributed by atoms with Gasteiger partial charge in [0.15, 0.2) is 23.1 Å². The van der Waals surface area contributed by atoms with E-state index < -0.39 is 85.6 Å². The van der Waals surface area contributed by atoms with Crippen LogP contribution in [0.5, 0.6) is 11.5 Å². The standard InChI is InChI=1S/C33H36F18N2O5/c1-2-3-4-5-6-9-14-55-21-16-52-26(53-17-21)22-12-13-23(25(36)24(22)35)56-15-10-7-8-11-20(34)18-54-19-27(37,38)57-32(48,49)33(50,51)58-31(46,47)29(41,42)28(39,40)30(43,44)45/h12-13,16-17,20H,2-11,14-15,18-19H2,1H3. The molecule has 0 fully saturated rings. The lowest BCUT2D eigenvalue weighted by Gasteiger charge is -2.36. The molecule has 7 nitrogen and oxygen atoms in total. The zero-order valence-electron chi connectivity index (χ0n) is 30.0. The zero-order chi connectivity index (χ0) is 44.2. The lowest BCUT2D eigenvalue weighted by molar-refractivity contribution is -0.543. The average molecular weight is 883 g/mol. The zero-order valence-corrected chi connectivity index (χ0v) is 30.0. The van der Waals surface area contributed by atoms with Crippen LogP contribution in [0.4, 0.5) is 79.0 Å². The Hall–Kier alpha value is -3.48. The largest absolute Gasteiger partial charge is 0.490 e. The van der Waals surface area contributed by atoms with Gasteiger partial charge in [-0.1, -0.05) is 45.4 Å². The third-order valence-corrected chi connectivity index (χ3v) is 7.66. The molecular weight excluding hydrogens is 846 g/mol. The second kappa shape index (κ2) is 20.7. The Kier molecular flexibility index (Phi) is 18.1. The van der Waals surface area contributed by atoms with Gasteiger partial charge in [0.2, 0.25) is 5.82 Å². The maximum Gasteiger partial charge on any atom is 0.460 e. The first-order valence-electron chi connectivity index (χ1n) is 17.1. The Morgan fingerprint density at radius 1 is 0.603 bits per heavy atom. The highest BCUT2D eigenvalue weighted by Gasteiger charge is 2.85. The maximum absolute atomic E-state index is 14.8. The van der Waals surface area contributed by atoms with Gasteiger partial charge in [0.05, 0.1) is 37.8 Å². The number of hydrogen-bond acceptors (Lipinski definition) is 7. The molecule has 2 aromatic rings. The Balaban J connectivity index is 1.76. The van der Waals surface area contributed by atoms with E-state index in [1.165, 1.54) is 17.1 Å². The van der Waals surface area contributed by atoms with E-state index in [1.54, 1.807) is 0 Å². The number of nitrogens with zero attached hydrogens (tertiary/aromatic N) is 2. The molecule has 1 atom stereocenters. The van der Waals surface area contributed by atoms with Crippen LogP contribution < -0.4 is 9.47 Å². The molecule has 334 valence electrons. The van der Waals surface area contributed by atoms with Gasteiger partial charge in [0.1, 0.15) is 12.8 Å². The molecule has 0 radical (unpaired) electrons. The molecule has 2 rings (SSSR count). The summed E-state index contributed by atoms with van der Waals surface area (Å²) < 4.78 is 258. The van der Waals surface area contributed by atoms with Gasteiger partial charge in [0.25, 0.3) is 0 Å². The van der Waals surface area contributed by atoms with Crippen LogP contribution in [0.1, 0.15) is 71.1 Å². The lowest BCUT2D eigenvalue weighted by atomic mass is 10.1. The highest BCUT2D eigenvalue weighted by atomic mass is 19.4. The van der Waals surface area contributed by atoms with Gasteiger partial charge in [-0.25, -0.2) is 28.2 Å². The first-order chi connectivity index (χ1) is 26.6. The van der Waals surface area contributed by atoms with Crippen LogP contribution in [0.3, 0.4) is 0 Å². The molecule has 0 bridgehead atoms. The molecule has 1 aromatic heterocycles. The number of ether oxygens (including phenoxy) is 5. The van der Waals surface area contributed by atoms with E-state index in [9.17, 15) is 79.0 Å². The quantitative estimate of drug-likeness (QED) is 0.0654. The van der Waals surface area contributed by atoms with Gasteiger partial charge < -0.3 is 14.2 Å². The fraction of sp³-hybridized carbons (Fsp3) is 0.697. The molecule has 0 aliphatic carbocycles. The van der Waals surface area contributed by atoms with E-state index >= 15 is 0 Å². The summed E-state index contributed by atoms with van der Waals surface area (Å²) in [7, 11) is 0. The molecule has 0 aliphatic heterocycles. The lowest BCUT2D eigenvalue weighted by Crippen LogP contribution is -2.64. The summed E-state index contributed by atoms with van der Waals surface area (Å²) in [6.07, 6.45) is -29.1. The van der Waals surface area contributed by atoms with Crippen molar-refractivity contribution in [3.63, 3.8) is 0 Å². The van der Waals surface area contributed by atoms with Crippen molar-refractivity contribution >= 4 is 0 Å². The van der Waals surface area contributed by atoms with E-state index in [-0.39, 0.29) is 37.3 Å². The van der Waals surface area contributed by atoms with Gasteiger partial charge in [-0.15, -0.1) is 0 Å². The molecule has 0 amide bonds. The maximum atomic E-state index is 14.8. The second-order valence-electron chi connectivity index (χ2n) is 12.4. The third kappa shape index (κ3) is 13.8. The van der Waals surface area contributed by atoms with E-state index in [1.807, 2.05) is 0 Å². The Bertz CT molecular complexity index is 1550. The molecule has 58 heavy (non-hydrogen) atoms. The number of alkyl halides is 16. The summed E-state index contributed by atoms with van der Waals surface area (Å²) in [6, 6.07) is 2.26. The summed E-state index contributed by atoms with van der Waals surface area (Å²) in [5.41, 5.74) is -0.279. The van der Waals surface area contributed by atoms with E-state index in [0.29, 0.717) is 12.4 Å². The van der Waals surface area contributed by atoms with Crippen molar-refractivity contribution < 1.29 is 103 Å². The van der Waals surface area contributed by atoms with E-state index in [4.69, 9.17) is 9.47 Å². The molecule has 1 aromatic carbocycles. The van der Waals surface area contributed by atoms with Crippen molar-refractivity contribution in [2.45, 2.75) is 120 Å². The minimum atomic E-state index is -7.98. The molecule has 0 spiro atoms. The second-order valence-corrected chi connectivity index (χ2v) is 12.4. The van der Waals surface area contributed by atoms with Crippen molar-refractivity contribution in [1.29, 1.82) is 0 Å². The Morgan fingerprint density at radius 3 is 1.72 bits per heavy atom. The Labute approximate surface area is 318 Å². The monoisotopic (exact) mass is 882 g/mol. The molecule has 1 heterocycles. The predicted octanol–water partition coefficient (Wildman–Crippen LogP) is 11.7. The highest BCUT2D eigenvalue weighted by Crippen LogP contribution is 2.56. The van der Waals surface area contributed by atoms with Crippen LogP contribution in [0.25, 0.3) is 11.4 Å². The number of aromatic nitrogens is 2. The fourth-order valence-electron chi connectivity index (χ4n) is 4.56. The third-order valence-electron chi connectivity index (χ3n) is 7.66. The summed E-state index contributed by atoms with van der Waals surface area (Å²) >= 11 is 0. The average Bonchev–Trinajstić information content (AvgIpc) is 3.09. The van der Waals surface area contributed by atoms with Crippen molar-refractivity contribution in [1.82, 2.24) is 9.97 Å². The number of rotatable bonds is 27. The number of benzene rings is 1. The van der Waals surface area contributed by atoms with E-state index in [2.05, 4.69) is 26.4 Å². The smallest absolute Gasteiger partial charge is 0.460 e. The van der Waals surface area contributed by atoms with Crippen molar-refractivity contribution in [3.05, 3.63) is 36.2 Å². The summed E-state index contributed by atoms with van der Waals surface area (Å²) in [4.78, 5) is 7.99. The normalized spacial score (nSPS) is 14.2. The van der Waals surface area contributed by atoms with Crippen molar-refractivity contribution in [2.24, 2.45) is 0 Å². The minimum Gasteiger partial charge on any atom is -0.490 e. The minimum absolute atomic E-state index is 0.0551. The van der Waals surface area contributed by atoms with Crippen LogP contribution >= 0.6 is 0 Å². The van der Waals surface area contributed by atoms with E-state index in [0.717, 1.165) is 50.7 Å². The van der Waals surface area contributed by atoms with Crippen LogP contribution in [0, 0.1) is 11.6 Å². The SMILES string of the molecule is CCCCCCCCOc1cnc(-c2ccc(OCCCCCC(F)COCC(F)(F)OC(F)(F)C(F)(F)OC(F)(F)C(F)(F)C(F)(F)C(F)(F)F)c(F)c2F)nc1. The summed E-state index contributed by atoms with van der Waals surface area (Å²) in [6.45, 7) is -1.58. The number of unbranched alkanes of at least 4 members (excludes halogenated alkanes) is 7. The molecule has 0 saturated carbocycles. The molecule has 0 aliphatic rings. The van der Waals surface area contributed by atoms with Crippen molar-refractivity contribution in [2.75, 3.05) is 26.4 Å². The van der Waals surface area contributed by atoms with Crippen LogP contribution in [-0.2, 0) is 14.2 Å². The molecule has 1 unspecified atom stereocenters. The van der Waals surface area contributed by atoms with Gasteiger partial charge in [-0.05, 0) is 37.8 Å². The van der Waals surface area contributed by atoms with Crippen LogP contribution in [0.2, 0.25) is 0 Å². The molecule has 0 N–H and O–H groups in total. The number of hydrogen-bond donors (Lipinski definition) is 0. The van der Waals surface area contributed by atoms with Gasteiger partial charge in [-0.2, -0.15) is 70.2 Å². The van der Waals surface area contributed by atoms with Gasteiger partial charge in [-0.3, -0.25) is 0 Å². The highest BCUT2D eigenvalue weighted by molar-refractivity contribution is 5.57. The molecule has 0 saturated heterocycles. The topological polar surface area (TPSA) is 71.9 Å². The fourth-order valence-corrected chi connectivity index (χ4v) is 4.56. The van der Waals surface area contributed by atoms with Crippen molar-refractivity contribution in [3.8, 4) is 22.9 Å². The molecular formula is C33H36F18N2O5. The Morgan fingerprint density at radius 2 is 1.14 bits per heavy atom. The summed E-state index contributed by atoms with van der Waals surface area (Å²) in [5.74, 6) is -18.8. The number of halogens is 18. The van der Waals surface area contributed by atoms with Gasteiger partial charge in [0, 0.05) is 0 Å².